The smallest absolute Gasteiger partial charge is 0.238 e. The Morgan fingerprint density at radius 2 is 1.50 bits per heavy atom. The molecule has 7 nitrogen and oxygen atoms in total. The van der Waals surface area contributed by atoms with Crippen LogP contribution in [0.3, 0.4) is 0 Å². The summed E-state index contributed by atoms with van der Waals surface area (Å²) in [7, 11) is 0. The quantitative estimate of drug-likeness (QED) is 0.434. The molecule has 1 aromatic heterocycles. The van der Waals surface area contributed by atoms with Crippen molar-refractivity contribution in [1.29, 1.82) is 0 Å². The Hall–Kier alpha value is -3.35. The van der Waals surface area contributed by atoms with E-state index in [1.54, 1.807) is 0 Å². The zero-order valence-electron chi connectivity index (χ0n) is 10.9. The molecule has 0 atom stereocenters. The molecule has 0 spiro atoms. The normalized spacial score (nSPS) is 10.9. The number of benzene rings is 2. The molecule has 22 heavy (non-hydrogen) atoms. The van der Waals surface area contributed by atoms with E-state index >= 15 is 0 Å². The fraction of sp³-hybridized carbons (Fsp3) is 0. The van der Waals surface area contributed by atoms with E-state index in [0.29, 0.717) is 0 Å². The fourth-order valence-corrected chi connectivity index (χ4v) is 2.22. The van der Waals surface area contributed by atoms with Crippen molar-refractivity contribution < 1.29 is 29.9 Å². The summed E-state index contributed by atoms with van der Waals surface area (Å²) in [6, 6.07) is 4.67. The van der Waals surface area contributed by atoms with Crippen LogP contribution in [-0.2, 0) is 0 Å². The van der Waals surface area contributed by atoms with Gasteiger partial charge in [-0.3, -0.25) is 4.79 Å². The molecule has 0 bridgehead atoms. The SMILES string of the molecule is O=c1c(O)coc2c(-c3ccc(O)c(O)c3)c(O)cc(O)c12. The second kappa shape index (κ2) is 4.59. The molecule has 0 unspecified atom stereocenters. The third-order valence-corrected chi connectivity index (χ3v) is 3.25. The van der Waals surface area contributed by atoms with Crippen molar-refractivity contribution in [2.75, 3.05) is 0 Å². The molecule has 0 radical (unpaired) electrons. The maximum Gasteiger partial charge on any atom is 0.238 e. The van der Waals surface area contributed by atoms with E-state index in [4.69, 9.17) is 4.42 Å². The standard InChI is InChI=1S/C15H10O7/c16-7-2-1-6(3-8(7)17)12-9(18)4-10(19)13-14(21)11(20)5-22-15(12)13/h1-5,16-20H. The van der Waals surface area contributed by atoms with Gasteiger partial charge in [-0.05, 0) is 17.7 Å². The largest absolute Gasteiger partial charge is 0.507 e. The molecule has 2 aromatic carbocycles. The highest BCUT2D eigenvalue weighted by molar-refractivity contribution is 5.99. The molecule has 3 aromatic rings. The van der Waals surface area contributed by atoms with E-state index in [9.17, 15) is 30.3 Å². The Balaban J connectivity index is 2.46. The summed E-state index contributed by atoms with van der Waals surface area (Å²) < 4.78 is 5.13. The van der Waals surface area contributed by atoms with Gasteiger partial charge in [0.1, 0.15) is 23.1 Å². The van der Waals surface area contributed by atoms with Crippen molar-refractivity contribution in [3.63, 3.8) is 0 Å². The van der Waals surface area contributed by atoms with Gasteiger partial charge in [0.25, 0.3) is 0 Å². The van der Waals surface area contributed by atoms with Crippen molar-refractivity contribution in [1.82, 2.24) is 0 Å². The minimum atomic E-state index is -0.858. The maximum absolute atomic E-state index is 11.9. The van der Waals surface area contributed by atoms with Crippen LogP contribution in [0.4, 0.5) is 0 Å². The molecule has 0 aliphatic carbocycles. The lowest BCUT2D eigenvalue weighted by Gasteiger charge is -2.10. The molecule has 0 saturated carbocycles. The lowest BCUT2D eigenvalue weighted by Crippen LogP contribution is -2.01. The first-order valence-corrected chi connectivity index (χ1v) is 6.12. The van der Waals surface area contributed by atoms with Gasteiger partial charge in [-0.1, -0.05) is 6.07 Å². The van der Waals surface area contributed by atoms with E-state index in [0.717, 1.165) is 18.4 Å². The van der Waals surface area contributed by atoms with Gasteiger partial charge in [-0.15, -0.1) is 0 Å². The van der Waals surface area contributed by atoms with Crippen molar-refractivity contribution in [2.45, 2.75) is 0 Å². The molecule has 112 valence electrons. The lowest BCUT2D eigenvalue weighted by molar-refractivity contribution is 0.404. The van der Waals surface area contributed by atoms with Crippen LogP contribution in [0.25, 0.3) is 22.1 Å². The average Bonchev–Trinajstić information content (AvgIpc) is 2.46. The van der Waals surface area contributed by atoms with Gasteiger partial charge in [0.15, 0.2) is 22.8 Å². The molecule has 0 amide bonds. The van der Waals surface area contributed by atoms with Gasteiger partial charge in [-0.2, -0.15) is 0 Å². The first kappa shape index (κ1) is 13.6. The Morgan fingerprint density at radius 3 is 2.18 bits per heavy atom. The van der Waals surface area contributed by atoms with Crippen LogP contribution in [0, 0.1) is 0 Å². The first-order chi connectivity index (χ1) is 10.4. The van der Waals surface area contributed by atoms with Crippen LogP contribution in [0.2, 0.25) is 0 Å². The van der Waals surface area contributed by atoms with Crippen LogP contribution in [0.5, 0.6) is 28.7 Å². The minimum absolute atomic E-state index is 0.0280. The number of rotatable bonds is 1. The van der Waals surface area contributed by atoms with Crippen LogP contribution in [0.15, 0.2) is 39.7 Å². The van der Waals surface area contributed by atoms with E-state index in [1.807, 2.05) is 0 Å². The van der Waals surface area contributed by atoms with Crippen LogP contribution < -0.4 is 5.43 Å². The molecule has 0 fully saturated rings. The van der Waals surface area contributed by atoms with Crippen LogP contribution in [-0.4, -0.2) is 25.5 Å². The van der Waals surface area contributed by atoms with E-state index in [1.165, 1.54) is 12.1 Å². The molecule has 0 aliphatic rings. The average molecular weight is 302 g/mol. The zero-order chi connectivity index (χ0) is 16.0. The van der Waals surface area contributed by atoms with Gasteiger partial charge in [0.05, 0.1) is 5.56 Å². The van der Waals surface area contributed by atoms with Crippen molar-refractivity contribution in [3.05, 3.63) is 40.8 Å². The molecular formula is C15H10O7. The number of fused-ring (bicyclic) bond motifs is 1. The second-order valence-corrected chi connectivity index (χ2v) is 4.65. The topological polar surface area (TPSA) is 131 Å². The predicted octanol–water partition coefficient (Wildman–Crippen LogP) is 1.99. The van der Waals surface area contributed by atoms with Crippen molar-refractivity contribution in [3.8, 4) is 39.9 Å². The fourth-order valence-electron chi connectivity index (χ4n) is 2.22. The Bertz CT molecular complexity index is 956. The monoisotopic (exact) mass is 302 g/mol. The van der Waals surface area contributed by atoms with E-state index in [2.05, 4.69) is 0 Å². The Kier molecular flexibility index (Phi) is 2.84. The zero-order valence-corrected chi connectivity index (χ0v) is 10.9. The Labute approximate surface area is 122 Å². The highest BCUT2D eigenvalue weighted by Gasteiger charge is 2.20. The number of hydrogen-bond donors (Lipinski definition) is 5. The summed E-state index contributed by atoms with van der Waals surface area (Å²) >= 11 is 0. The van der Waals surface area contributed by atoms with Gasteiger partial charge >= 0.3 is 0 Å². The molecule has 3 rings (SSSR count). The number of phenolic OH excluding ortho intramolecular Hbond substituents is 4. The molecule has 0 aliphatic heterocycles. The summed E-state index contributed by atoms with van der Waals surface area (Å²) in [4.78, 5) is 11.9. The Morgan fingerprint density at radius 1 is 0.773 bits per heavy atom. The molecule has 1 heterocycles. The maximum atomic E-state index is 11.9. The molecule has 0 saturated heterocycles. The summed E-state index contributed by atoms with van der Waals surface area (Å²) in [5.41, 5.74) is -0.750. The van der Waals surface area contributed by atoms with Gasteiger partial charge in [-0.25, -0.2) is 0 Å². The number of phenols is 4. The number of hydrogen-bond acceptors (Lipinski definition) is 7. The highest BCUT2D eigenvalue weighted by atomic mass is 16.4. The van der Waals surface area contributed by atoms with Gasteiger partial charge < -0.3 is 29.9 Å². The minimum Gasteiger partial charge on any atom is -0.507 e. The predicted molar refractivity (Wildman–Crippen MR) is 76.2 cm³/mol. The molecule has 7 heteroatoms. The van der Waals surface area contributed by atoms with Crippen LogP contribution >= 0.6 is 0 Å². The highest BCUT2D eigenvalue weighted by Crippen LogP contribution is 2.42. The van der Waals surface area contributed by atoms with Crippen molar-refractivity contribution >= 4 is 11.0 Å². The first-order valence-electron chi connectivity index (χ1n) is 6.12. The summed E-state index contributed by atoms with van der Waals surface area (Å²) in [6.07, 6.45) is 0.785. The van der Waals surface area contributed by atoms with E-state index in [-0.39, 0.29) is 27.8 Å². The van der Waals surface area contributed by atoms with Crippen LogP contribution in [0.1, 0.15) is 0 Å². The third kappa shape index (κ3) is 1.87. The lowest BCUT2D eigenvalue weighted by atomic mass is 10.0. The summed E-state index contributed by atoms with van der Waals surface area (Å²) in [5.74, 6) is -2.43. The summed E-state index contributed by atoms with van der Waals surface area (Å²) in [6.45, 7) is 0. The second-order valence-electron chi connectivity index (χ2n) is 4.65. The van der Waals surface area contributed by atoms with Gasteiger partial charge in [0.2, 0.25) is 5.43 Å². The van der Waals surface area contributed by atoms with Gasteiger partial charge in [0, 0.05) is 6.07 Å². The summed E-state index contributed by atoms with van der Waals surface area (Å²) in [5, 5.41) is 47.8. The number of aromatic hydroxyl groups is 5. The molecular weight excluding hydrogens is 292 g/mol. The van der Waals surface area contributed by atoms with Crippen molar-refractivity contribution in [2.24, 2.45) is 0 Å². The molecule has 5 N–H and O–H groups in total. The third-order valence-electron chi connectivity index (χ3n) is 3.25. The van der Waals surface area contributed by atoms with E-state index < -0.39 is 28.4 Å².